The van der Waals surface area contributed by atoms with Gasteiger partial charge in [0.15, 0.2) is 17.5 Å². The molecule has 2 aromatic rings. The van der Waals surface area contributed by atoms with Crippen LogP contribution in [-0.4, -0.2) is 26.7 Å². The lowest BCUT2D eigenvalue weighted by Gasteiger charge is -2.13. The van der Waals surface area contributed by atoms with Gasteiger partial charge in [-0.3, -0.25) is 0 Å². The Kier molecular flexibility index (Phi) is 10.2. The predicted molar refractivity (Wildman–Crippen MR) is 119 cm³/mol. The van der Waals surface area contributed by atoms with Gasteiger partial charge in [-0.1, -0.05) is 6.07 Å². The van der Waals surface area contributed by atoms with Gasteiger partial charge in [0.1, 0.15) is 0 Å². The second-order valence-corrected chi connectivity index (χ2v) is 6.83. The van der Waals surface area contributed by atoms with Crippen molar-refractivity contribution in [2.75, 3.05) is 20.8 Å². The van der Waals surface area contributed by atoms with E-state index in [9.17, 15) is 0 Å². The minimum atomic E-state index is 0. The molecule has 0 spiro atoms. The first-order valence-corrected chi connectivity index (χ1v) is 9.30. The lowest BCUT2D eigenvalue weighted by Crippen LogP contribution is -2.36. The van der Waals surface area contributed by atoms with Crippen molar-refractivity contribution in [3.8, 4) is 11.5 Å². The molecule has 1 aromatic carbocycles. The number of benzene rings is 1. The van der Waals surface area contributed by atoms with Crippen molar-refractivity contribution in [2.45, 2.75) is 20.0 Å². The van der Waals surface area contributed by atoms with Gasteiger partial charge in [-0.15, -0.1) is 35.3 Å². The van der Waals surface area contributed by atoms with Crippen molar-refractivity contribution >= 4 is 57.2 Å². The van der Waals surface area contributed by atoms with Crippen LogP contribution >= 0.6 is 51.2 Å². The molecule has 0 amide bonds. The normalized spacial score (nSPS) is 10.8. The zero-order valence-electron chi connectivity index (χ0n) is 14.5. The van der Waals surface area contributed by atoms with E-state index in [0.717, 1.165) is 29.1 Å². The molecule has 8 heteroatoms. The monoisotopic (exact) mass is 539 g/mol. The van der Waals surface area contributed by atoms with Crippen LogP contribution in [0, 0.1) is 0 Å². The third-order valence-corrected chi connectivity index (χ3v) is 4.73. The number of thiophene rings is 1. The van der Waals surface area contributed by atoms with E-state index >= 15 is 0 Å². The van der Waals surface area contributed by atoms with Crippen molar-refractivity contribution in [1.82, 2.24) is 10.6 Å². The average Bonchev–Trinajstić information content (AvgIpc) is 3.10. The van der Waals surface area contributed by atoms with Gasteiger partial charge in [-0.2, -0.15) is 0 Å². The molecule has 0 radical (unpaired) electrons. The average molecular weight is 540 g/mol. The molecule has 0 aliphatic rings. The maximum absolute atomic E-state index is 5.38. The highest BCUT2D eigenvalue weighted by Crippen LogP contribution is 2.36. The first-order chi connectivity index (χ1) is 11.7. The smallest absolute Gasteiger partial charge is 0.191 e. The summed E-state index contributed by atoms with van der Waals surface area (Å²) >= 11 is 5.24. The number of ether oxygens (including phenoxy) is 2. The lowest BCUT2D eigenvalue weighted by molar-refractivity contribution is 0.352. The molecule has 0 aliphatic heterocycles. The van der Waals surface area contributed by atoms with Gasteiger partial charge in [-0.05, 0) is 52.0 Å². The fourth-order valence-corrected chi connectivity index (χ4v) is 3.45. The van der Waals surface area contributed by atoms with E-state index in [1.807, 2.05) is 18.2 Å². The fraction of sp³-hybridized carbons (Fsp3) is 0.353. The number of nitrogens with zero attached hydrogens (tertiary/aromatic N) is 1. The summed E-state index contributed by atoms with van der Waals surface area (Å²) in [5, 5.41) is 8.67. The number of guanidine groups is 1. The van der Waals surface area contributed by atoms with E-state index in [1.54, 1.807) is 25.6 Å². The van der Waals surface area contributed by atoms with Crippen LogP contribution in [0.5, 0.6) is 11.5 Å². The van der Waals surface area contributed by atoms with Crippen LogP contribution in [0.2, 0.25) is 0 Å². The summed E-state index contributed by atoms with van der Waals surface area (Å²) in [5.74, 6) is 2.17. The minimum absolute atomic E-state index is 0. The highest BCUT2D eigenvalue weighted by molar-refractivity contribution is 14.0. The Balaban J connectivity index is 0.00000312. The third-order valence-electron chi connectivity index (χ3n) is 3.27. The Morgan fingerprint density at radius 1 is 1.24 bits per heavy atom. The summed E-state index contributed by atoms with van der Waals surface area (Å²) in [4.78, 5) is 5.91. The number of aliphatic imine (C=N–C) groups is 1. The van der Waals surface area contributed by atoms with Gasteiger partial charge < -0.3 is 20.1 Å². The van der Waals surface area contributed by atoms with Crippen LogP contribution in [0.1, 0.15) is 17.4 Å². The standard InChI is InChI=1S/C17H22BrN3O2S.HI/c1-4-19-17(21-11-13-6-5-7-24-13)20-10-12-8-14(18)16(23-3)15(9-12)22-2;/h5-9H,4,10-11H2,1-3H3,(H2,19,20,21);1H. The highest BCUT2D eigenvalue weighted by Gasteiger charge is 2.10. The Labute approximate surface area is 178 Å². The number of hydrogen-bond acceptors (Lipinski definition) is 4. The molecule has 0 saturated carbocycles. The second kappa shape index (κ2) is 11.6. The quantitative estimate of drug-likeness (QED) is 0.311. The molecule has 1 heterocycles. The number of nitrogens with one attached hydrogen (secondary N) is 2. The van der Waals surface area contributed by atoms with Crippen LogP contribution < -0.4 is 20.1 Å². The molecule has 0 fully saturated rings. The predicted octanol–water partition coefficient (Wildman–Crippen LogP) is 4.40. The maximum atomic E-state index is 5.38. The molecule has 0 saturated heterocycles. The zero-order valence-corrected chi connectivity index (χ0v) is 19.2. The first-order valence-electron chi connectivity index (χ1n) is 7.62. The van der Waals surface area contributed by atoms with Gasteiger partial charge >= 0.3 is 0 Å². The molecule has 138 valence electrons. The molecule has 2 N–H and O–H groups in total. The van der Waals surface area contributed by atoms with E-state index in [4.69, 9.17) is 9.47 Å². The van der Waals surface area contributed by atoms with E-state index in [0.29, 0.717) is 18.0 Å². The number of rotatable bonds is 7. The first kappa shape index (κ1) is 22.0. The Hall–Kier alpha value is -1.000. The molecule has 2 rings (SSSR count). The van der Waals surface area contributed by atoms with Crippen LogP contribution in [0.3, 0.4) is 0 Å². The molecule has 0 aliphatic carbocycles. The maximum Gasteiger partial charge on any atom is 0.191 e. The summed E-state index contributed by atoms with van der Waals surface area (Å²) in [6.45, 7) is 4.17. The van der Waals surface area contributed by atoms with Crippen LogP contribution in [-0.2, 0) is 13.1 Å². The summed E-state index contributed by atoms with van der Waals surface area (Å²) in [7, 11) is 3.25. The highest BCUT2D eigenvalue weighted by atomic mass is 127. The number of hydrogen-bond donors (Lipinski definition) is 2. The van der Waals surface area contributed by atoms with Crippen LogP contribution in [0.15, 0.2) is 39.1 Å². The zero-order chi connectivity index (χ0) is 17.4. The van der Waals surface area contributed by atoms with Crippen molar-refractivity contribution in [1.29, 1.82) is 0 Å². The summed E-state index contributed by atoms with van der Waals surface area (Å²) < 4.78 is 11.6. The van der Waals surface area contributed by atoms with E-state index in [2.05, 4.69) is 49.9 Å². The second-order valence-electron chi connectivity index (χ2n) is 4.94. The summed E-state index contributed by atoms with van der Waals surface area (Å²) in [6.07, 6.45) is 0. The minimum Gasteiger partial charge on any atom is -0.493 e. The van der Waals surface area contributed by atoms with Gasteiger partial charge in [0.05, 0.1) is 31.8 Å². The molecule has 0 bridgehead atoms. The molecule has 0 atom stereocenters. The molecule has 5 nitrogen and oxygen atoms in total. The lowest BCUT2D eigenvalue weighted by atomic mass is 10.2. The van der Waals surface area contributed by atoms with Crippen molar-refractivity contribution in [2.24, 2.45) is 4.99 Å². The molecule has 25 heavy (non-hydrogen) atoms. The topological polar surface area (TPSA) is 54.9 Å². The number of methoxy groups -OCH3 is 2. The Bertz CT molecular complexity index is 681. The molecular weight excluding hydrogens is 517 g/mol. The van der Waals surface area contributed by atoms with Crippen LogP contribution in [0.25, 0.3) is 0 Å². The third kappa shape index (κ3) is 6.67. The van der Waals surface area contributed by atoms with Gasteiger partial charge in [0, 0.05) is 11.4 Å². The van der Waals surface area contributed by atoms with Crippen molar-refractivity contribution in [3.05, 3.63) is 44.6 Å². The molecule has 1 aromatic heterocycles. The summed E-state index contributed by atoms with van der Waals surface area (Å²) in [5.41, 5.74) is 1.04. The van der Waals surface area contributed by atoms with Crippen LogP contribution in [0.4, 0.5) is 0 Å². The van der Waals surface area contributed by atoms with E-state index < -0.39 is 0 Å². The van der Waals surface area contributed by atoms with Crippen molar-refractivity contribution < 1.29 is 9.47 Å². The molecular formula is C17H23BrIN3O2S. The SMILES string of the molecule is CCNC(=NCc1cc(Br)c(OC)c(OC)c1)NCc1cccs1.I. The fourth-order valence-electron chi connectivity index (χ4n) is 2.16. The molecule has 0 unspecified atom stereocenters. The Morgan fingerprint density at radius 3 is 2.64 bits per heavy atom. The van der Waals surface area contributed by atoms with Gasteiger partial charge in [0.25, 0.3) is 0 Å². The largest absolute Gasteiger partial charge is 0.493 e. The summed E-state index contributed by atoms with van der Waals surface area (Å²) in [6, 6.07) is 8.09. The van der Waals surface area contributed by atoms with E-state index in [-0.39, 0.29) is 24.0 Å². The number of halogens is 2. The van der Waals surface area contributed by atoms with Gasteiger partial charge in [-0.25, -0.2) is 4.99 Å². The Morgan fingerprint density at radius 2 is 2.04 bits per heavy atom. The van der Waals surface area contributed by atoms with Gasteiger partial charge in [0.2, 0.25) is 0 Å². The van der Waals surface area contributed by atoms with Crippen molar-refractivity contribution in [3.63, 3.8) is 0 Å². The van der Waals surface area contributed by atoms with E-state index in [1.165, 1.54) is 4.88 Å².